The van der Waals surface area contributed by atoms with Gasteiger partial charge in [0, 0.05) is 12.0 Å². The maximum Gasteiger partial charge on any atom is 0.279 e. The van der Waals surface area contributed by atoms with Crippen LogP contribution in [0.25, 0.3) is 0 Å². The number of hydrogen-bond donors (Lipinski definition) is 1. The second kappa shape index (κ2) is 9.75. The Morgan fingerprint density at radius 1 is 1.12 bits per heavy atom. The van der Waals surface area contributed by atoms with Gasteiger partial charge in [0.15, 0.2) is 0 Å². The molecule has 33 heavy (non-hydrogen) atoms. The summed E-state index contributed by atoms with van der Waals surface area (Å²) in [6.45, 7) is 0. The Kier molecular flexibility index (Phi) is 6.39. The van der Waals surface area contributed by atoms with E-state index in [9.17, 15) is 9.59 Å². The maximum absolute atomic E-state index is 12.6. The summed E-state index contributed by atoms with van der Waals surface area (Å²) >= 11 is 1.19. The molecule has 0 saturated heterocycles. The second-order valence-corrected chi connectivity index (χ2v) is 9.50. The zero-order chi connectivity index (χ0) is 22.6. The van der Waals surface area contributed by atoms with E-state index < -0.39 is 0 Å². The lowest BCUT2D eigenvalue weighted by molar-refractivity contribution is 0.0923. The lowest BCUT2D eigenvalue weighted by atomic mass is 9.85. The second-order valence-electron chi connectivity index (χ2n) is 8.51. The average Bonchev–Trinajstić information content (AvgIpc) is 3.33. The van der Waals surface area contributed by atoms with Crippen LogP contribution < -0.4 is 14.8 Å². The van der Waals surface area contributed by atoms with Gasteiger partial charge in [-0.1, -0.05) is 54.5 Å². The Bertz CT molecular complexity index is 1130. The van der Waals surface area contributed by atoms with Crippen LogP contribution in [0.3, 0.4) is 0 Å². The topological polar surface area (TPSA) is 77.5 Å². The number of nitrogens with zero attached hydrogens (tertiary/aromatic N) is 1. The van der Waals surface area contributed by atoms with Crippen molar-refractivity contribution in [2.45, 2.75) is 50.7 Å². The average molecular weight is 462 g/mol. The van der Waals surface area contributed by atoms with Gasteiger partial charge >= 0.3 is 0 Å². The molecule has 1 radical (unpaired) electrons. The molecule has 3 atom stereocenters. The van der Waals surface area contributed by atoms with Crippen LogP contribution in [0, 0.1) is 5.92 Å². The fourth-order valence-electron chi connectivity index (χ4n) is 4.53. The number of fused-ring (bicyclic) bond motifs is 1. The molecule has 1 aromatic heterocycles. The molecule has 0 bridgehead atoms. The Morgan fingerprint density at radius 2 is 1.97 bits per heavy atom. The summed E-state index contributed by atoms with van der Waals surface area (Å²) < 4.78 is 12.1. The highest BCUT2D eigenvalue weighted by Crippen LogP contribution is 2.38. The summed E-state index contributed by atoms with van der Waals surface area (Å²) in [5.41, 5.74) is 2.28. The SMILES string of the molecule is O=[C][C@@H]1CCCC[C@@H]1NC(=O)c1cnc(Oc2ccc3c(c2)CC[C@@H](c2ccccc2)O3)s1. The molecular formula is C26H25N2O4S. The van der Waals surface area contributed by atoms with E-state index in [4.69, 9.17) is 9.47 Å². The summed E-state index contributed by atoms with van der Waals surface area (Å²) in [5, 5.41) is 3.37. The third kappa shape index (κ3) is 4.93. The highest BCUT2D eigenvalue weighted by Gasteiger charge is 2.28. The Morgan fingerprint density at radius 3 is 2.82 bits per heavy atom. The van der Waals surface area contributed by atoms with Crippen molar-refractivity contribution < 1.29 is 19.1 Å². The van der Waals surface area contributed by atoms with Gasteiger partial charge in [-0.05, 0) is 55.0 Å². The van der Waals surface area contributed by atoms with Crippen molar-refractivity contribution in [3.8, 4) is 16.7 Å². The van der Waals surface area contributed by atoms with Crippen LogP contribution in [0.1, 0.15) is 59.0 Å². The lowest BCUT2D eigenvalue weighted by Crippen LogP contribution is -2.42. The molecule has 0 spiro atoms. The van der Waals surface area contributed by atoms with Crippen molar-refractivity contribution >= 4 is 23.5 Å². The number of carbonyl (C=O) groups is 1. The number of thiazole rings is 1. The molecule has 1 amide bonds. The molecule has 2 aliphatic rings. The van der Waals surface area contributed by atoms with E-state index in [2.05, 4.69) is 28.7 Å². The van der Waals surface area contributed by atoms with Crippen LogP contribution in [0.15, 0.2) is 54.7 Å². The van der Waals surface area contributed by atoms with E-state index in [1.165, 1.54) is 23.1 Å². The first-order valence-electron chi connectivity index (χ1n) is 11.4. The Labute approximate surface area is 197 Å². The summed E-state index contributed by atoms with van der Waals surface area (Å²) in [6.07, 6.45) is 9.05. The molecule has 1 fully saturated rings. The largest absolute Gasteiger partial charge is 0.485 e. The Balaban J connectivity index is 1.22. The van der Waals surface area contributed by atoms with Crippen molar-refractivity contribution in [2.24, 2.45) is 5.92 Å². The molecule has 6 nitrogen and oxygen atoms in total. The molecule has 5 rings (SSSR count). The number of aryl methyl sites for hydroxylation is 1. The lowest BCUT2D eigenvalue weighted by Gasteiger charge is -2.27. The number of amides is 1. The van der Waals surface area contributed by atoms with E-state index >= 15 is 0 Å². The first-order valence-corrected chi connectivity index (χ1v) is 12.2. The van der Waals surface area contributed by atoms with Gasteiger partial charge in [0.25, 0.3) is 11.1 Å². The number of nitrogens with one attached hydrogen (secondary N) is 1. The normalized spacial score (nSPS) is 22.0. The first-order chi connectivity index (χ1) is 16.2. The van der Waals surface area contributed by atoms with Gasteiger partial charge in [-0.25, -0.2) is 4.98 Å². The van der Waals surface area contributed by atoms with Crippen molar-refractivity contribution in [1.82, 2.24) is 10.3 Å². The van der Waals surface area contributed by atoms with Crippen LogP contribution in [0.4, 0.5) is 0 Å². The summed E-state index contributed by atoms with van der Waals surface area (Å²) in [7, 11) is 0. The molecule has 2 aromatic carbocycles. The van der Waals surface area contributed by atoms with Crippen LogP contribution in [0.2, 0.25) is 0 Å². The minimum Gasteiger partial charge on any atom is -0.485 e. The molecule has 7 heteroatoms. The monoisotopic (exact) mass is 461 g/mol. The minimum atomic E-state index is -0.231. The molecule has 1 aliphatic heterocycles. The number of ether oxygens (including phenoxy) is 2. The Hall–Kier alpha value is -3.19. The molecule has 3 aromatic rings. The van der Waals surface area contributed by atoms with E-state index in [1.807, 2.05) is 36.4 Å². The molecule has 1 N–H and O–H groups in total. The number of rotatable bonds is 6. The number of carbonyl (C=O) groups excluding carboxylic acids is 2. The highest BCUT2D eigenvalue weighted by molar-refractivity contribution is 7.15. The minimum absolute atomic E-state index is 0.0612. The number of aromatic nitrogens is 1. The van der Waals surface area contributed by atoms with Crippen molar-refractivity contribution in [2.75, 3.05) is 0 Å². The third-order valence-electron chi connectivity index (χ3n) is 6.30. The summed E-state index contributed by atoms with van der Waals surface area (Å²) in [6, 6.07) is 15.9. The molecule has 2 heterocycles. The summed E-state index contributed by atoms with van der Waals surface area (Å²) in [5.74, 6) is 1.08. The van der Waals surface area contributed by atoms with Gasteiger partial charge in [0.2, 0.25) is 6.29 Å². The predicted molar refractivity (Wildman–Crippen MR) is 126 cm³/mol. The van der Waals surface area contributed by atoms with Crippen LogP contribution >= 0.6 is 11.3 Å². The van der Waals surface area contributed by atoms with Crippen LogP contribution in [-0.4, -0.2) is 23.2 Å². The standard InChI is InChI=1S/C26H25N2O4S/c29-16-19-8-4-5-9-21(19)28-25(30)24-15-27-26(33-24)31-20-11-13-23-18(14-20)10-12-22(32-23)17-6-2-1-3-7-17/h1-3,6-7,11,13-15,19,21-22H,4-5,8-10,12H2,(H,28,30)/t19-,21-,22-/m0/s1. The molecule has 169 valence electrons. The van der Waals surface area contributed by atoms with Crippen LogP contribution in [0.5, 0.6) is 16.7 Å². The zero-order valence-corrected chi connectivity index (χ0v) is 19.0. The van der Waals surface area contributed by atoms with Gasteiger partial charge in [-0.3, -0.25) is 9.59 Å². The number of hydrogen-bond acceptors (Lipinski definition) is 6. The van der Waals surface area contributed by atoms with Crippen molar-refractivity contribution in [3.63, 3.8) is 0 Å². The van der Waals surface area contributed by atoms with Crippen molar-refractivity contribution in [1.29, 1.82) is 0 Å². The predicted octanol–water partition coefficient (Wildman–Crippen LogP) is 5.40. The van der Waals surface area contributed by atoms with Gasteiger partial charge in [0.1, 0.15) is 22.5 Å². The third-order valence-corrected chi connectivity index (χ3v) is 7.17. The van der Waals surface area contributed by atoms with E-state index in [-0.39, 0.29) is 24.0 Å². The van der Waals surface area contributed by atoms with E-state index in [0.29, 0.717) is 15.8 Å². The van der Waals surface area contributed by atoms with Gasteiger partial charge in [0.05, 0.1) is 6.20 Å². The fraction of sp³-hybridized carbons (Fsp3) is 0.346. The van der Waals surface area contributed by atoms with Crippen molar-refractivity contribution in [3.05, 3.63) is 70.7 Å². The zero-order valence-electron chi connectivity index (χ0n) is 18.2. The van der Waals surface area contributed by atoms with E-state index in [1.54, 1.807) is 0 Å². The first kappa shape index (κ1) is 21.6. The highest BCUT2D eigenvalue weighted by atomic mass is 32.1. The van der Waals surface area contributed by atoms with Gasteiger partial charge < -0.3 is 14.8 Å². The maximum atomic E-state index is 12.6. The van der Waals surface area contributed by atoms with Crippen LogP contribution in [-0.2, 0) is 11.2 Å². The fourth-order valence-corrected chi connectivity index (χ4v) is 5.21. The summed E-state index contributed by atoms with van der Waals surface area (Å²) in [4.78, 5) is 28.5. The molecule has 1 saturated carbocycles. The molecule has 1 aliphatic carbocycles. The van der Waals surface area contributed by atoms with Gasteiger partial charge in [-0.2, -0.15) is 0 Å². The quantitative estimate of drug-likeness (QED) is 0.532. The van der Waals surface area contributed by atoms with E-state index in [0.717, 1.165) is 49.8 Å². The van der Waals surface area contributed by atoms with Gasteiger partial charge in [-0.15, -0.1) is 0 Å². The molecular weight excluding hydrogens is 436 g/mol. The molecule has 0 unspecified atom stereocenters. The number of benzene rings is 2. The smallest absolute Gasteiger partial charge is 0.279 e.